The third-order valence-electron chi connectivity index (χ3n) is 5.45. The number of ether oxygens (including phenoxy) is 2. The minimum Gasteiger partial charge on any atom is -0.493 e. The van der Waals surface area contributed by atoms with E-state index >= 15 is 0 Å². The van der Waals surface area contributed by atoms with Crippen molar-refractivity contribution in [1.82, 2.24) is 5.32 Å². The topological polar surface area (TPSA) is 47.6 Å². The summed E-state index contributed by atoms with van der Waals surface area (Å²) in [5.74, 6) is 2.67. The molecule has 1 saturated carbocycles. The summed E-state index contributed by atoms with van der Waals surface area (Å²) in [6, 6.07) is 14.7. The van der Waals surface area contributed by atoms with E-state index in [9.17, 15) is 4.79 Å². The second kappa shape index (κ2) is 6.43. The molecule has 0 unspecified atom stereocenters. The van der Waals surface area contributed by atoms with E-state index in [0.29, 0.717) is 42.2 Å². The number of rotatable bonds is 6. The summed E-state index contributed by atoms with van der Waals surface area (Å²) in [6.45, 7) is 0. The first-order chi connectivity index (χ1) is 12.2. The van der Waals surface area contributed by atoms with E-state index in [1.54, 1.807) is 14.2 Å². The van der Waals surface area contributed by atoms with Crippen molar-refractivity contribution >= 4 is 5.91 Å². The van der Waals surface area contributed by atoms with Gasteiger partial charge in [0.15, 0.2) is 11.5 Å². The molecule has 2 aliphatic rings. The maximum atomic E-state index is 12.3. The summed E-state index contributed by atoms with van der Waals surface area (Å²) in [5.41, 5.74) is 3.96. The molecule has 25 heavy (non-hydrogen) atoms. The summed E-state index contributed by atoms with van der Waals surface area (Å²) >= 11 is 0. The monoisotopic (exact) mass is 337 g/mol. The number of carbonyl (C=O) groups excluding carboxylic acids is 1. The number of carbonyl (C=O) groups is 1. The summed E-state index contributed by atoms with van der Waals surface area (Å²) < 4.78 is 10.6. The number of hydrogen-bond acceptors (Lipinski definition) is 3. The van der Waals surface area contributed by atoms with Crippen LogP contribution in [0.5, 0.6) is 11.5 Å². The van der Waals surface area contributed by atoms with Gasteiger partial charge in [-0.1, -0.05) is 30.3 Å². The van der Waals surface area contributed by atoms with E-state index in [2.05, 4.69) is 29.6 Å². The highest BCUT2D eigenvalue weighted by Gasteiger charge is 2.56. The molecule has 130 valence electrons. The fourth-order valence-corrected chi connectivity index (χ4v) is 4.10. The third kappa shape index (κ3) is 2.97. The fourth-order valence-electron chi connectivity index (χ4n) is 4.10. The molecule has 1 N–H and O–H groups in total. The standard InChI is InChI=1S/C21H23NO3/c1-24-17-9-7-13(11-18(17)25-2)8-10-19(23)22-21-16-12-14-5-3-4-6-15(14)20(16)21/h3-7,9,11,16,20-21H,8,10,12H2,1-2H3,(H,22,23)/t16-,20-,21+/m0/s1. The van der Waals surface area contributed by atoms with Crippen LogP contribution in [0.25, 0.3) is 0 Å². The van der Waals surface area contributed by atoms with Crippen LogP contribution in [0.15, 0.2) is 42.5 Å². The minimum atomic E-state index is 0.131. The highest BCUT2D eigenvalue weighted by atomic mass is 16.5. The minimum absolute atomic E-state index is 0.131. The van der Waals surface area contributed by atoms with E-state index in [4.69, 9.17) is 9.47 Å². The number of methoxy groups -OCH3 is 2. The Balaban J connectivity index is 1.31. The van der Waals surface area contributed by atoms with Crippen LogP contribution in [0, 0.1) is 5.92 Å². The maximum Gasteiger partial charge on any atom is 0.220 e. The molecule has 0 aromatic heterocycles. The Bertz CT molecular complexity index is 801. The number of hydrogen-bond donors (Lipinski definition) is 1. The normalized spacial score (nSPS) is 22.7. The molecule has 2 aromatic carbocycles. The quantitative estimate of drug-likeness (QED) is 0.881. The van der Waals surface area contributed by atoms with Crippen LogP contribution in [0.1, 0.15) is 29.0 Å². The van der Waals surface area contributed by atoms with Gasteiger partial charge in [-0.3, -0.25) is 4.79 Å². The Morgan fingerprint density at radius 3 is 2.72 bits per heavy atom. The molecule has 0 bridgehead atoms. The van der Waals surface area contributed by atoms with Gasteiger partial charge in [-0.2, -0.15) is 0 Å². The highest BCUT2D eigenvalue weighted by Crippen LogP contribution is 2.56. The van der Waals surface area contributed by atoms with Crippen LogP contribution in [0.2, 0.25) is 0 Å². The van der Waals surface area contributed by atoms with Crippen molar-refractivity contribution in [3.05, 3.63) is 59.2 Å². The molecule has 4 nitrogen and oxygen atoms in total. The van der Waals surface area contributed by atoms with Crippen LogP contribution in [0.3, 0.4) is 0 Å². The Hall–Kier alpha value is -2.49. The summed E-state index contributed by atoms with van der Waals surface area (Å²) in [5, 5.41) is 3.22. The van der Waals surface area contributed by atoms with Gasteiger partial charge in [0.2, 0.25) is 5.91 Å². The molecule has 2 aromatic rings. The van der Waals surface area contributed by atoms with Crippen LogP contribution in [-0.2, 0) is 17.6 Å². The van der Waals surface area contributed by atoms with E-state index in [1.165, 1.54) is 11.1 Å². The molecule has 0 heterocycles. The molecule has 1 fully saturated rings. The highest BCUT2D eigenvalue weighted by molar-refractivity contribution is 5.77. The summed E-state index contributed by atoms with van der Waals surface area (Å²) in [7, 11) is 3.24. The van der Waals surface area contributed by atoms with Crippen molar-refractivity contribution in [2.75, 3.05) is 14.2 Å². The van der Waals surface area contributed by atoms with E-state index in [-0.39, 0.29) is 5.91 Å². The van der Waals surface area contributed by atoms with Crippen molar-refractivity contribution in [3.63, 3.8) is 0 Å². The fraction of sp³-hybridized carbons (Fsp3) is 0.381. The average Bonchev–Trinajstić information content (AvgIpc) is 3.15. The van der Waals surface area contributed by atoms with Crippen molar-refractivity contribution in [2.24, 2.45) is 5.92 Å². The Labute approximate surface area is 148 Å². The first-order valence-corrected chi connectivity index (χ1v) is 8.79. The molecule has 4 rings (SSSR count). The smallest absolute Gasteiger partial charge is 0.220 e. The molecule has 2 aliphatic carbocycles. The molecule has 0 radical (unpaired) electrons. The summed E-state index contributed by atoms with van der Waals surface area (Å²) in [6.07, 6.45) is 2.29. The van der Waals surface area contributed by atoms with Gasteiger partial charge in [0.05, 0.1) is 14.2 Å². The molecule has 3 atom stereocenters. The number of fused-ring (bicyclic) bond motifs is 3. The third-order valence-corrected chi connectivity index (χ3v) is 5.45. The molecule has 0 saturated heterocycles. The van der Waals surface area contributed by atoms with Gasteiger partial charge in [0.25, 0.3) is 0 Å². The SMILES string of the molecule is COc1ccc(CCC(=O)N[C@@H]2[C@H]3Cc4ccccc4[C@@H]32)cc1OC. The molecule has 0 spiro atoms. The predicted octanol–water partition coefficient (Wildman–Crippen LogP) is 3.09. The molecular formula is C21H23NO3. The van der Waals surface area contributed by atoms with Gasteiger partial charge >= 0.3 is 0 Å². The molecule has 0 aliphatic heterocycles. The van der Waals surface area contributed by atoms with Gasteiger partial charge in [0.1, 0.15) is 0 Å². The Kier molecular flexibility index (Phi) is 4.12. The molecule has 4 heteroatoms. The van der Waals surface area contributed by atoms with Crippen molar-refractivity contribution in [2.45, 2.75) is 31.2 Å². The van der Waals surface area contributed by atoms with Crippen molar-refractivity contribution < 1.29 is 14.3 Å². The predicted molar refractivity (Wildman–Crippen MR) is 96.2 cm³/mol. The second-order valence-corrected chi connectivity index (χ2v) is 6.88. The number of amides is 1. The average molecular weight is 337 g/mol. The Morgan fingerprint density at radius 1 is 1.12 bits per heavy atom. The largest absolute Gasteiger partial charge is 0.493 e. The maximum absolute atomic E-state index is 12.3. The van der Waals surface area contributed by atoms with E-state index in [0.717, 1.165) is 12.0 Å². The van der Waals surface area contributed by atoms with Gasteiger partial charge in [-0.15, -0.1) is 0 Å². The molecular weight excluding hydrogens is 314 g/mol. The van der Waals surface area contributed by atoms with Gasteiger partial charge < -0.3 is 14.8 Å². The Morgan fingerprint density at radius 2 is 1.92 bits per heavy atom. The van der Waals surface area contributed by atoms with E-state index < -0.39 is 0 Å². The van der Waals surface area contributed by atoms with Gasteiger partial charge in [-0.25, -0.2) is 0 Å². The molecule has 1 amide bonds. The lowest BCUT2D eigenvalue weighted by atomic mass is 10.0. The number of aryl methyl sites for hydroxylation is 1. The van der Waals surface area contributed by atoms with Crippen molar-refractivity contribution in [1.29, 1.82) is 0 Å². The van der Waals surface area contributed by atoms with Gasteiger partial charge in [-0.05, 0) is 47.6 Å². The lowest BCUT2D eigenvalue weighted by molar-refractivity contribution is -0.121. The van der Waals surface area contributed by atoms with E-state index in [1.807, 2.05) is 18.2 Å². The van der Waals surface area contributed by atoms with Crippen molar-refractivity contribution in [3.8, 4) is 11.5 Å². The number of benzene rings is 2. The van der Waals surface area contributed by atoms with Crippen LogP contribution < -0.4 is 14.8 Å². The van der Waals surface area contributed by atoms with Crippen LogP contribution in [0.4, 0.5) is 0 Å². The van der Waals surface area contributed by atoms with Crippen LogP contribution in [-0.4, -0.2) is 26.2 Å². The lowest BCUT2D eigenvalue weighted by Gasteiger charge is -2.11. The summed E-state index contributed by atoms with van der Waals surface area (Å²) in [4.78, 5) is 12.3. The first-order valence-electron chi connectivity index (χ1n) is 8.79. The zero-order chi connectivity index (χ0) is 17.4. The zero-order valence-electron chi connectivity index (χ0n) is 14.6. The van der Waals surface area contributed by atoms with Gasteiger partial charge in [0, 0.05) is 18.4 Å². The number of nitrogens with one attached hydrogen (secondary N) is 1. The van der Waals surface area contributed by atoms with Crippen LogP contribution >= 0.6 is 0 Å². The zero-order valence-corrected chi connectivity index (χ0v) is 14.6. The lowest BCUT2D eigenvalue weighted by Crippen LogP contribution is -2.28. The first kappa shape index (κ1) is 16.0. The second-order valence-electron chi connectivity index (χ2n) is 6.88.